The van der Waals surface area contributed by atoms with Gasteiger partial charge in [0.15, 0.2) is 5.60 Å². The molecule has 2 aromatic carbocycles. The number of cyclic esters (lactones) is 1. The molecule has 0 aliphatic carbocycles. The molecule has 0 saturated carbocycles. The van der Waals surface area contributed by atoms with Gasteiger partial charge in [-0.25, -0.2) is 14.2 Å². The maximum Gasteiger partial charge on any atom is 0.343 e. The van der Waals surface area contributed by atoms with Gasteiger partial charge in [-0.1, -0.05) is 58.0 Å². The number of anilines is 1. The van der Waals surface area contributed by atoms with Crippen LogP contribution in [0.5, 0.6) is 0 Å². The molecule has 0 fully saturated rings. The lowest BCUT2D eigenvalue weighted by Crippen LogP contribution is -2.55. The predicted molar refractivity (Wildman–Crippen MR) is 233 cm³/mol. The van der Waals surface area contributed by atoms with E-state index in [1.54, 1.807) is 26.8 Å². The largest absolute Gasteiger partial charge is 0.481 e. The number of aryl methyl sites for hydroxylation is 1. The van der Waals surface area contributed by atoms with Crippen LogP contribution in [-0.4, -0.2) is 91.9 Å². The molecule has 2 aliphatic rings. The first-order valence-electron chi connectivity index (χ1n) is 21.4. The van der Waals surface area contributed by atoms with Crippen molar-refractivity contribution in [2.24, 2.45) is 5.92 Å². The van der Waals surface area contributed by atoms with Crippen LogP contribution in [0.3, 0.4) is 0 Å². The highest BCUT2D eigenvalue weighted by molar-refractivity contribution is 5.99. The third kappa shape index (κ3) is 10.1. The van der Waals surface area contributed by atoms with Crippen LogP contribution >= 0.6 is 0 Å². The number of hydrogen-bond donors (Lipinski definition) is 6. The number of aliphatic hydroxyl groups is 1. The number of pyridine rings is 2. The van der Waals surface area contributed by atoms with Crippen molar-refractivity contribution in [3.63, 3.8) is 0 Å². The number of esters is 1. The van der Waals surface area contributed by atoms with Gasteiger partial charge >= 0.3 is 11.9 Å². The van der Waals surface area contributed by atoms with Crippen LogP contribution in [0.25, 0.3) is 22.3 Å². The molecule has 0 spiro atoms. The van der Waals surface area contributed by atoms with Crippen molar-refractivity contribution < 1.29 is 48.1 Å². The van der Waals surface area contributed by atoms with E-state index in [4.69, 9.17) is 14.8 Å². The van der Waals surface area contributed by atoms with E-state index in [-0.39, 0.29) is 60.7 Å². The van der Waals surface area contributed by atoms with Crippen molar-refractivity contribution in [1.82, 2.24) is 30.4 Å². The maximum atomic E-state index is 15.6. The second-order valence-electron chi connectivity index (χ2n) is 16.5. The number of carboxylic acid groups (broad SMARTS) is 1. The molecule has 0 saturated heterocycles. The first kappa shape index (κ1) is 47.0. The van der Waals surface area contributed by atoms with Crippen LogP contribution in [-0.2, 0) is 65.2 Å². The van der Waals surface area contributed by atoms with Crippen LogP contribution in [0, 0.1) is 11.7 Å². The summed E-state index contributed by atoms with van der Waals surface area (Å²) in [6, 6.07) is 11.7. The molecule has 18 heteroatoms. The first-order chi connectivity index (χ1) is 30.4. The average Bonchev–Trinajstić information content (AvgIpc) is 3.63. The summed E-state index contributed by atoms with van der Waals surface area (Å²) in [5.74, 6) is -5.37. The molecule has 2 aromatic heterocycles. The van der Waals surface area contributed by atoms with Gasteiger partial charge in [0.2, 0.25) is 23.6 Å². The summed E-state index contributed by atoms with van der Waals surface area (Å²) in [6.45, 7) is 8.99. The van der Waals surface area contributed by atoms with Crippen molar-refractivity contribution in [1.29, 1.82) is 0 Å². The number of amides is 4. The Hall–Kier alpha value is -6.53. The molecule has 4 heterocycles. The Morgan fingerprint density at radius 2 is 1.69 bits per heavy atom. The van der Waals surface area contributed by atoms with Crippen molar-refractivity contribution in [2.75, 3.05) is 25.0 Å². The molecule has 6 rings (SSSR count). The molecule has 3 atom stereocenters. The Balaban J connectivity index is 1.06. The van der Waals surface area contributed by atoms with Gasteiger partial charge in [-0.05, 0) is 61.9 Å². The Morgan fingerprint density at radius 1 is 0.953 bits per heavy atom. The normalized spacial score (nSPS) is 16.0. The Labute approximate surface area is 368 Å². The van der Waals surface area contributed by atoms with Crippen LogP contribution < -0.4 is 26.8 Å². The summed E-state index contributed by atoms with van der Waals surface area (Å²) in [5, 5.41) is 31.1. The molecule has 340 valence electrons. The number of carboxylic acids is 1. The minimum absolute atomic E-state index is 0.00673. The summed E-state index contributed by atoms with van der Waals surface area (Å²) >= 11 is 0. The van der Waals surface area contributed by atoms with Gasteiger partial charge in [0.25, 0.3) is 5.56 Å². The number of carbonyl (C=O) groups excluding carboxylic acids is 5. The van der Waals surface area contributed by atoms with Gasteiger partial charge in [-0.2, -0.15) is 0 Å². The minimum atomic E-state index is -2.00. The molecule has 6 N–H and O–H groups in total. The quantitative estimate of drug-likeness (QED) is 0.0656. The fourth-order valence-corrected chi connectivity index (χ4v) is 8.17. The van der Waals surface area contributed by atoms with Crippen LogP contribution in [0.1, 0.15) is 88.1 Å². The first-order valence-corrected chi connectivity index (χ1v) is 21.4. The number of benzene rings is 2. The molecular formula is C46H54FN7O10. The minimum Gasteiger partial charge on any atom is -0.481 e. The molecule has 0 unspecified atom stereocenters. The number of nitrogens with one attached hydrogen (secondary N) is 4. The van der Waals surface area contributed by atoms with E-state index in [0.717, 1.165) is 17.2 Å². The Bertz CT molecular complexity index is 2550. The summed E-state index contributed by atoms with van der Waals surface area (Å²) in [6.07, 6.45) is 0.875. The average molecular weight is 884 g/mol. The van der Waals surface area contributed by atoms with Gasteiger partial charge in [0.05, 0.1) is 41.2 Å². The van der Waals surface area contributed by atoms with Gasteiger partial charge in [0.1, 0.15) is 24.5 Å². The smallest absolute Gasteiger partial charge is 0.343 e. The molecule has 64 heavy (non-hydrogen) atoms. The number of hydrogen-bond acceptors (Lipinski definition) is 11. The van der Waals surface area contributed by atoms with Gasteiger partial charge in [0, 0.05) is 48.5 Å². The highest BCUT2D eigenvalue weighted by atomic mass is 19.1. The number of aromatic nitrogens is 2. The van der Waals surface area contributed by atoms with Gasteiger partial charge in [-0.15, -0.1) is 0 Å². The summed E-state index contributed by atoms with van der Waals surface area (Å²) < 4.78 is 22.3. The number of halogens is 1. The van der Waals surface area contributed by atoms with Crippen LogP contribution in [0.4, 0.5) is 10.1 Å². The fraction of sp³-hybridized carbons (Fsp3) is 0.435. The zero-order valence-electron chi connectivity index (χ0n) is 36.5. The lowest BCUT2D eigenvalue weighted by atomic mass is 9.86. The van der Waals surface area contributed by atoms with E-state index < -0.39 is 71.2 Å². The van der Waals surface area contributed by atoms with Crippen molar-refractivity contribution in [3.05, 3.63) is 92.5 Å². The van der Waals surface area contributed by atoms with E-state index in [0.29, 0.717) is 54.8 Å². The lowest BCUT2D eigenvalue weighted by molar-refractivity contribution is -0.172. The number of ether oxygens (including phenoxy) is 1. The Kier molecular flexibility index (Phi) is 14.6. The number of rotatable bonds is 19. The molecule has 0 radical (unpaired) electrons. The van der Waals surface area contributed by atoms with E-state index in [2.05, 4.69) is 21.3 Å². The number of carbonyl (C=O) groups is 6. The summed E-state index contributed by atoms with van der Waals surface area (Å²) in [5.41, 5.74) is 1.23. The summed E-state index contributed by atoms with van der Waals surface area (Å²) in [7, 11) is 0. The van der Waals surface area contributed by atoms with Crippen molar-refractivity contribution in [2.45, 2.75) is 104 Å². The van der Waals surface area contributed by atoms with Gasteiger partial charge in [-0.3, -0.25) is 33.7 Å². The third-order valence-corrected chi connectivity index (χ3v) is 11.7. The van der Waals surface area contributed by atoms with E-state index in [1.807, 2.05) is 42.2 Å². The molecule has 4 aromatic rings. The molecule has 17 nitrogen and oxygen atoms in total. The zero-order chi connectivity index (χ0) is 46.5. The third-order valence-electron chi connectivity index (χ3n) is 11.7. The van der Waals surface area contributed by atoms with E-state index >= 15 is 4.39 Å². The highest BCUT2D eigenvalue weighted by Crippen LogP contribution is 2.41. The molecule has 2 aliphatic heterocycles. The molecule has 4 amide bonds. The predicted octanol–water partition coefficient (Wildman–Crippen LogP) is 3.24. The number of aliphatic carboxylic acids is 1. The van der Waals surface area contributed by atoms with E-state index in [9.17, 15) is 38.7 Å². The topological polar surface area (TPSA) is 238 Å². The van der Waals surface area contributed by atoms with Crippen LogP contribution in [0.2, 0.25) is 0 Å². The maximum absolute atomic E-state index is 15.6. The van der Waals surface area contributed by atoms with E-state index in [1.165, 1.54) is 17.6 Å². The Morgan fingerprint density at radius 3 is 2.36 bits per heavy atom. The number of nitrogens with zero attached hydrogens (tertiary/aromatic N) is 3. The molecule has 0 bridgehead atoms. The second-order valence-corrected chi connectivity index (χ2v) is 16.5. The molecular weight excluding hydrogens is 830 g/mol. The van der Waals surface area contributed by atoms with Gasteiger partial charge < -0.3 is 40.8 Å². The van der Waals surface area contributed by atoms with Crippen molar-refractivity contribution >= 4 is 52.2 Å². The summed E-state index contributed by atoms with van der Waals surface area (Å²) in [4.78, 5) is 96.5. The second kappa shape index (κ2) is 19.9. The van der Waals surface area contributed by atoms with Crippen LogP contribution in [0.15, 0.2) is 53.3 Å². The van der Waals surface area contributed by atoms with Crippen molar-refractivity contribution in [3.8, 4) is 11.4 Å². The SMILES string of the molecule is CCc1c2c(nc3cc(F)c(NC(=O)CNC(=O)[C@H](C)NC(=O)[C@@H](NC(=O)CCN(CCCC(=O)O)Cc4ccccc4)C(C)C)cc13)-c1cc3c(c(=O)n1C2)COC(=O)[C@]3(O)CC. The lowest BCUT2D eigenvalue weighted by Gasteiger charge is -2.31. The standard InChI is InChI=1S/C46H54FN7O10/c1-6-28-29-18-35(33(47)20-34(29)51-41-30(28)23-54-36(41)19-32-31(44(54)61)24-64-45(62)46(32,63)7-2)50-38(56)21-48-42(59)26(5)49-43(60)40(25(3)4)52-37(55)15-17-53(16-11-14-39(57)58)22-27-12-9-8-10-13-27/h8-10,12-13,18-20,25-26,40,63H,6-7,11,14-17,21-24H2,1-5H3,(H,48,59)(H,49,60)(H,50,56)(H,52,55)(H,57,58)/t26-,40-,46-/m0/s1. The highest BCUT2D eigenvalue weighted by Gasteiger charge is 2.45. The monoisotopic (exact) mass is 883 g/mol. The number of fused-ring (bicyclic) bond motifs is 5. The fourth-order valence-electron chi connectivity index (χ4n) is 8.17. The zero-order valence-corrected chi connectivity index (χ0v) is 36.5.